The van der Waals surface area contributed by atoms with Crippen LogP contribution >= 0.6 is 23.5 Å². The predicted octanol–water partition coefficient (Wildman–Crippen LogP) is 2.81. The van der Waals surface area contributed by atoms with Gasteiger partial charge in [0.25, 0.3) is 5.56 Å². The van der Waals surface area contributed by atoms with Crippen LogP contribution in [0.3, 0.4) is 0 Å². The molecule has 9 heteroatoms. The van der Waals surface area contributed by atoms with Crippen LogP contribution in [0, 0.1) is 0 Å². The topological polar surface area (TPSA) is 101 Å². The number of carbonyl (C=O) groups excluding carboxylic acids is 2. The first-order valence-electron chi connectivity index (χ1n) is 8.36. The van der Waals surface area contributed by atoms with E-state index in [4.69, 9.17) is 4.74 Å². The number of fused-ring (bicyclic) bond motifs is 1. The molecule has 0 saturated heterocycles. The molecule has 3 rings (SSSR count). The minimum absolute atomic E-state index is 0.0928. The number of nitrogens with zero attached hydrogens (tertiary/aromatic N) is 1. The smallest absolute Gasteiger partial charge is 0.338 e. The van der Waals surface area contributed by atoms with Gasteiger partial charge in [-0.3, -0.25) is 9.59 Å². The molecule has 0 spiro atoms. The van der Waals surface area contributed by atoms with E-state index in [0.717, 1.165) is 17.0 Å². The lowest BCUT2D eigenvalue weighted by molar-refractivity contribution is -0.113. The summed E-state index contributed by atoms with van der Waals surface area (Å²) in [7, 11) is 0. The molecule has 0 bridgehead atoms. The van der Waals surface area contributed by atoms with Crippen molar-refractivity contribution in [2.24, 2.45) is 0 Å². The third-order valence-electron chi connectivity index (χ3n) is 3.63. The van der Waals surface area contributed by atoms with Crippen LogP contribution < -0.4 is 10.9 Å². The molecular formula is C18H19N3O4S2. The van der Waals surface area contributed by atoms with Crippen LogP contribution in [-0.4, -0.2) is 33.7 Å². The van der Waals surface area contributed by atoms with E-state index in [1.165, 1.54) is 11.8 Å². The van der Waals surface area contributed by atoms with Crippen molar-refractivity contribution >= 4 is 41.1 Å². The normalized spacial score (nSPS) is 12.7. The average molecular weight is 406 g/mol. The van der Waals surface area contributed by atoms with Gasteiger partial charge < -0.3 is 15.0 Å². The number of amides is 1. The van der Waals surface area contributed by atoms with Crippen molar-refractivity contribution in [3.63, 3.8) is 0 Å². The molecule has 1 aliphatic heterocycles. The fraction of sp³-hybridized carbons (Fsp3) is 0.333. The molecule has 27 heavy (non-hydrogen) atoms. The Hall–Kier alpha value is -2.26. The Morgan fingerprint density at radius 2 is 2.19 bits per heavy atom. The van der Waals surface area contributed by atoms with Gasteiger partial charge in [0.15, 0.2) is 5.16 Å². The second-order valence-electron chi connectivity index (χ2n) is 6.16. The number of H-pyrrole nitrogens is 1. The number of nitrogens with one attached hydrogen (secondary N) is 2. The van der Waals surface area contributed by atoms with E-state index in [0.29, 0.717) is 22.2 Å². The van der Waals surface area contributed by atoms with E-state index in [1.54, 1.807) is 49.9 Å². The van der Waals surface area contributed by atoms with Gasteiger partial charge >= 0.3 is 5.97 Å². The highest BCUT2D eigenvalue weighted by Gasteiger charge is 2.18. The summed E-state index contributed by atoms with van der Waals surface area (Å²) in [6, 6.07) is 6.57. The Balaban J connectivity index is 1.59. The zero-order valence-electron chi connectivity index (χ0n) is 14.9. The van der Waals surface area contributed by atoms with Crippen molar-refractivity contribution in [3.8, 4) is 0 Å². The standard InChI is InChI=1S/C18H19N3O4S2/c1-10(2)25-17(24)11-4-3-5-12(6-11)19-15(22)9-27-18-20-14-8-26-7-13(14)16(23)21-18/h3-6,10H,7-9H2,1-2H3,(H,19,22)(H,20,21,23). The fourth-order valence-electron chi connectivity index (χ4n) is 2.45. The maximum absolute atomic E-state index is 12.2. The van der Waals surface area contributed by atoms with E-state index < -0.39 is 5.97 Å². The molecule has 0 fully saturated rings. The van der Waals surface area contributed by atoms with E-state index in [1.807, 2.05) is 0 Å². The van der Waals surface area contributed by atoms with E-state index in [9.17, 15) is 14.4 Å². The molecule has 1 amide bonds. The third kappa shape index (κ3) is 5.14. The van der Waals surface area contributed by atoms with Gasteiger partial charge in [0.05, 0.1) is 23.1 Å². The summed E-state index contributed by atoms with van der Waals surface area (Å²) < 4.78 is 5.15. The number of anilines is 1. The van der Waals surface area contributed by atoms with Crippen LogP contribution in [0.5, 0.6) is 0 Å². The van der Waals surface area contributed by atoms with Crippen molar-refractivity contribution in [2.75, 3.05) is 11.1 Å². The average Bonchev–Trinajstić information content (AvgIpc) is 3.09. The first kappa shape index (κ1) is 19.5. The zero-order valence-corrected chi connectivity index (χ0v) is 16.5. The maximum atomic E-state index is 12.2. The zero-order chi connectivity index (χ0) is 19.4. The molecule has 2 heterocycles. The van der Waals surface area contributed by atoms with Crippen molar-refractivity contribution in [2.45, 2.75) is 36.6 Å². The van der Waals surface area contributed by atoms with Gasteiger partial charge in [-0.1, -0.05) is 17.8 Å². The van der Waals surface area contributed by atoms with Crippen molar-refractivity contribution in [3.05, 3.63) is 51.4 Å². The van der Waals surface area contributed by atoms with Crippen LogP contribution in [0.1, 0.15) is 35.5 Å². The lowest BCUT2D eigenvalue weighted by Crippen LogP contribution is -2.18. The minimum atomic E-state index is -0.437. The highest BCUT2D eigenvalue weighted by Crippen LogP contribution is 2.26. The molecule has 0 aliphatic carbocycles. The first-order valence-corrected chi connectivity index (χ1v) is 10.5. The number of hydrogen-bond donors (Lipinski definition) is 2. The lowest BCUT2D eigenvalue weighted by Gasteiger charge is -2.10. The number of rotatable bonds is 6. The molecular weight excluding hydrogens is 386 g/mol. The van der Waals surface area contributed by atoms with Gasteiger partial charge in [0.2, 0.25) is 5.91 Å². The monoisotopic (exact) mass is 405 g/mol. The molecule has 1 aliphatic rings. The highest BCUT2D eigenvalue weighted by molar-refractivity contribution is 7.99. The number of aromatic nitrogens is 2. The number of carbonyl (C=O) groups is 2. The van der Waals surface area contributed by atoms with Crippen molar-refractivity contribution in [1.82, 2.24) is 9.97 Å². The Morgan fingerprint density at radius 1 is 1.37 bits per heavy atom. The maximum Gasteiger partial charge on any atom is 0.338 e. The van der Waals surface area contributed by atoms with Gasteiger partial charge in [0, 0.05) is 22.8 Å². The summed E-state index contributed by atoms with van der Waals surface area (Å²) in [4.78, 5) is 43.2. The number of thioether (sulfide) groups is 2. The summed E-state index contributed by atoms with van der Waals surface area (Å²) in [5, 5.41) is 3.17. The number of esters is 1. The van der Waals surface area contributed by atoms with Crippen LogP contribution in [-0.2, 0) is 21.0 Å². The van der Waals surface area contributed by atoms with Crippen LogP contribution in [0.4, 0.5) is 5.69 Å². The third-order valence-corrected chi connectivity index (χ3v) is 5.47. The Morgan fingerprint density at radius 3 is 2.96 bits per heavy atom. The van der Waals surface area contributed by atoms with Crippen LogP contribution in [0.25, 0.3) is 0 Å². The van der Waals surface area contributed by atoms with Crippen LogP contribution in [0.2, 0.25) is 0 Å². The van der Waals surface area contributed by atoms with Crippen LogP contribution in [0.15, 0.2) is 34.2 Å². The molecule has 1 aromatic heterocycles. The summed E-state index contributed by atoms with van der Waals surface area (Å²) in [6.45, 7) is 3.55. The first-order chi connectivity index (χ1) is 12.9. The SMILES string of the molecule is CC(C)OC(=O)c1cccc(NC(=O)CSc2nc3c(c(=O)[nH]2)CSC3)c1. The number of hydrogen-bond acceptors (Lipinski definition) is 7. The molecule has 0 radical (unpaired) electrons. The summed E-state index contributed by atoms with van der Waals surface area (Å²) in [6.07, 6.45) is -0.215. The molecule has 1 aromatic carbocycles. The summed E-state index contributed by atoms with van der Waals surface area (Å²) in [5.74, 6) is 0.798. The van der Waals surface area contributed by atoms with Gasteiger partial charge in [-0.05, 0) is 32.0 Å². The van der Waals surface area contributed by atoms with E-state index in [2.05, 4.69) is 15.3 Å². The van der Waals surface area contributed by atoms with Crippen molar-refractivity contribution < 1.29 is 14.3 Å². The van der Waals surface area contributed by atoms with E-state index in [-0.39, 0.29) is 23.3 Å². The molecule has 142 valence electrons. The quantitative estimate of drug-likeness (QED) is 0.433. The summed E-state index contributed by atoms with van der Waals surface area (Å²) >= 11 is 2.82. The number of benzene rings is 1. The Labute approximate surface area is 164 Å². The fourth-order valence-corrected chi connectivity index (χ4v) is 4.16. The van der Waals surface area contributed by atoms with Crippen molar-refractivity contribution in [1.29, 1.82) is 0 Å². The minimum Gasteiger partial charge on any atom is -0.459 e. The largest absolute Gasteiger partial charge is 0.459 e. The molecule has 0 saturated carbocycles. The van der Waals surface area contributed by atoms with Gasteiger partial charge in [-0.15, -0.1) is 0 Å². The Kier molecular flexibility index (Phi) is 6.22. The lowest BCUT2D eigenvalue weighted by atomic mass is 10.2. The summed E-state index contributed by atoms with van der Waals surface area (Å²) in [5.41, 5.74) is 2.26. The van der Waals surface area contributed by atoms with Gasteiger partial charge in [-0.2, -0.15) is 11.8 Å². The second kappa shape index (κ2) is 8.62. The highest BCUT2D eigenvalue weighted by atomic mass is 32.2. The molecule has 2 N–H and O–H groups in total. The van der Waals surface area contributed by atoms with Gasteiger partial charge in [-0.25, -0.2) is 9.78 Å². The molecule has 0 atom stereocenters. The Bertz CT molecular complexity index is 927. The van der Waals surface area contributed by atoms with Gasteiger partial charge in [0.1, 0.15) is 0 Å². The molecule has 7 nitrogen and oxygen atoms in total. The number of ether oxygens (including phenoxy) is 1. The predicted molar refractivity (Wildman–Crippen MR) is 106 cm³/mol. The molecule has 2 aromatic rings. The van der Waals surface area contributed by atoms with E-state index >= 15 is 0 Å². The number of aromatic amines is 1. The second-order valence-corrected chi connectivity index (χ2v) is 8.11. The molecule has 0 unspecified atom stereocenters.